The van der Waals surface area contributed by atoms with E-state index < -0.39 is 0 Å². The molecule has 1 saturated carbocycles. The van der Waals surface area contributed by atoms with E-state index in [-0.39, 0.29) is 42.1 Å². The molecule has 1 aromatic heterocycles. The Morgan fingerprint density at radius 3 is 2.63 bits per heavy atom. The molecule has 1 saturated heterocycles. The molecule has 2 aliphatic rings. The number of para-hydroxylation sites is 1. The number of amides is 2. The molecule has 2 fully saturated rings. The van der Waals surface area contributed by atoms with E-state index in [0.717, 1.165) is 31.4 Å². The second-order valence-corrected chi connectivity index (χ2v) is 7.37. The average Bonchev–Trinajstić information content (AvgIpc) is 3.30. The van der Waals surface area contributed by atoms with Crippen molar-refractivity contribution in [2.24, 2.45) is 5.73 Å². The van der Waals surface area contributed by atoms with Crippen molar-refractivity contribution in [2.75, 3.05) is 11.4 Å². The predicted molar refractivity (Wildman–Crippen MR) is 100 cm³/mol. The lowest BCUT2D eigenvalue weighted by molar-refractivity contribution is -0.117. The highest BCUT2D eigenvalue weighted by Gasteiger charge is 2.32. The Kier molecular flexibility index (Phi) is 4.89. The van der Waals surface area contributed by atoms with Crippen LogP contribution in [0.3, 0.4) is 0 Å². The fourth-order valence-electron chi connectivity index (χ4n) is 3.85. The van der Waals surface area contributed by atoms with E-state index in [2.05, 4.69) is 15.6 Å². The van der Waals surface area contributed by atoms with E-state index in [1.54, 1.807) is 15.8 Å². The number of nitrogens with zero attached hydrogens (tertiary/aromatic N) is 4. The number of hydrogen-bond acceptors (Lipinski definition) is 5. The lowest BCUT2D eigenvalue weighted by Gasteiger charge is -2.25. The first-order chi connectivity index (χ1) is 13.1. The molecule has 1 aliphatic carbocycles. The van der Waals surface area contributed by atoms with Crippen molar-refractivity contribution >= 4 is 17.5 Å². The van der Waals surface area contributed by atoms with Gasteiger partial charge < -0.3 is 16.0 Å². The summed E-state index contributed by atoms with van der Waals surface area (Å²) in [6.07, 6.45) is 5.82. The van der Waals surface area contributed by atoms with Crippen LogP contribution >= 0.6 is 0 Å². The third kappa shape index (κ3) is 3.85. The lowest BCUT2D eigenvalue weighted by atomic mass is 9.92. The molecule has 4 rings (SSSR count). The van der Waals surface area contributed by atoms with Crippen LogP contribution in [0.5, 0.6) is 0 Å². The van der Waals surface area contributed by atoms with Gasteiger partial charge in [0.05, 0.1) is 18.3 Å². The Morgan fingerprint density at radius 1 is 1.15 bits per heavy atom. The van der Waals surface area contributed by atoms with Gasteiger partial charge in [-0.25, -0.2) is 4.68 Å². The monoisotopic (exact) mass is 368 g/mol. The van der Waals surface area contributed by atoms with Gasteiger partial charge in [-0.15, -0.1) is 5.10 Å². The van der Waals surface area contributed by atoms with Crippen molar-refractivity contribution in [2.45, 2.75) is 50.2 Å². The maximum Gasteiger partial charge on any atom is 0.273 e. The molecule has 2 aromatic rings. The first-order valence-corrected chi connectivity index (χ1v) is 9.44. The van der Waals surface area contributed by atoms with Crippen LogP contribution in [0.2, 0.25) is 0 Å². The molecule has 1 atom stereocenters. The Hall–Kier alpha value is -2.74. The van der Waals surface area contributed by atoms with Crippen molar-refractivity contribution < 1.29 is 9.59 Å². The van der Waals surface area contributed by atoms with Gasteiger partial charge in [0.15, 0.2) is 5.69 Å². The molecule has 1 aromatic carbocycles. The fourth-order valence-corrected chi connectivity index (χ4v) is 3.85. The maximum atomic E-state index is 12.5. The molecule has 2 amide bonds. The number of nitrogens with one attached hydrogen (secondary N) is 1. The number of nitrogens with two attached hydrogens (primary N) is 1. The van der Waals surface area contributed by atoms with Crippen molar-refractivity contribution in [3.63, 3.8) is 0 Å². The molecule has 27 heavy (non-hydrogen) atoms. The minimum absolute atomic E-state index is 0.00805. The zero-order chi connectivity index (χ0) is 18.8. The number of benzene rings is 1. The summed E-state index contributed by atoms with van der Waals surface area (Å²) in [5, 5.41) is 11.1. The number of rotatable bonds is 4. The van der Waals surface area contributed by atoms with Crippen LogP contribution in [0.15, 0.2) is 36.5 Å². The van der Waals surface area contributed by atoms with Gasteiger partial charge in [0.2, 0.25) is 5.91 Å². The smallest absolute Gasteiger partial charge is 0.273 e. The zero-order valence-corrected chi connectivity index (χ0v) is 15.1. The highest BCUT2D eigenvalue weighted by atomic mass is 16.2. The summed E-state index contributed by atoms with van der Waals surface area (Å²) in [5.74, 6) is -0.282. The van der Waals surface area contributed by atoms with Gasteiger partial charge in [-0.2, -0.15) is 0 Å². The molecular formula is C19H24N6O2. The molecule has 3 N–H and O–H groups in total. The summed E-state index contributed by atoms with van der Waals surface area (Å²) in [7, 11) is 0. The van der Waals surface area contributed by atoms with Gasteiger partial charge in [-0.05, 0) is 37.8 Å². The van der Waals surface area contributed by atoms with E-state index in [9.17, 15) is 9.59 Å². The Balaban J connectivity index is 1.36. The SMILES string of the molecule is NC1CCC(n2cc(C(=O)N[C@@H]3CC(=O)N(c4ccccc4)C3)nn2)CC1. The minimum Gasteiger partial charge on any atom is -0.346 e. The number of carbonyl (C=O) groups is 2. The third-order valence-electron chi connectivity index (χ3n) is 5.39. The highest BCUT2D eigenvalue weighted by molar-refractivity contribution is 5.98. The molecule has 8 heteroatoms. The molecule has 0 bridgehead atoms. The second-order valence-electron chi connectivity index (χ2n) is 7.37. The predicted octanol–water partition coefficient (Wildman–Crippen LogP) is 1.26. The number of aromatic nitrogens is 3. The maximum absolute atomic E-state index is 12.5. The van der Waals surface area contributed by atoms with Gasteiger partial charge in [-0.3, -0.25) is 9.59 Å². The topological polar surface area (TPSA) is 106 Å². The molecular weight excluding hydrogens is 344 g/mol. The third-order valence-corrected chi connectivity index (χ3v) is 5.39. The van der Waals surface area contributed by atoms with Gasteiger partial charge in [0, 0.05) is 24.7 Å². The summed E-state index contributed by atoms with van der Waals surface area (Å²) >= 11 is 0. The Morgan fingerprint density at radius 2 is 1.89 bits per heavy atom. The molecule has 2 heterocycles. The van der Waals surface area contributed by atoms with E-state index >= 15 is 0 Å². The first-order valence-electron chi connectivity index (χ1n) is 9.44. The normalized spacial score (nSPS) is 25.6. The second kappa shape index (κ2) is 7.48. The van der Waals surface area contributed by atoms with Crippen molar-refractivity contribution in [3.05, 3.63) is 42.2 Å². The van der Waals surface area contributed by atoms with E-state index in [1.807, 2.05) is 30.3 Å². The van der Waals surface area contributed by atoms with Crippen LogP contribution in [0.4, 0.5) is 5.69 Å². The van der Waals surface area contributed by atoms with Crippen LogP contribution in [-0.4, -0.2) is 45.4 Å². The quantitative estimate of drug-likeness (QED) is 0.845. The number of anilines is 1. The summed E-state index contributed by atoms with van der Waals surface area (Å²) in [5.41, 5.74) is 7.08. The minimum atomic E-state index is -0.290. The molecule has 142 valence electrons. The van der Waals surface area contributed by atoms with E-state index in [4.69, 9.17) is 5.73 Å². The van der Waals surface area contributed by atoms with Crippen molar-refractivity contribution in [3.8, 4) is 0 Å². The fraction of sp³-hybridized carbons (Fsp3) is 0.474. The average molecular weight is 368 g/mol. The van der Waals surface area contributed by atoms with Crippen LogP contribution in [0.25, 0.3) is 0 Å². The summed E-state index contributed by atoms with van der Waals surface area (Å²) in [4.78, 5) is 26.5. The van der Waals surface area contributed by atoms with Crippen LogP contribution < -0.4 is 16.0 Å². The largest absolute Gasteiger partial charge is 0.346 e. The van der Waals surface area contributed by atoms with E-state index in [0.29, 0.717) is 6.54 Å². The van der Waals surface area contributed by atoms with Gasteiger partial charge in [-0.1, -0.05) is 23.4 Å². The van der Waals surface area contributed by atoms with Crippen molar-refractivity contribution in [1.29, 1.82) is 0 Å². The molecule has 8 nitrogen and oxygen atoms in total. The van der Waals surface area contributed by atoms with Gasteiger partial charge in [0.1, 0.15) is 0 Å². The summed E-state index contributed by atoms with van der Waals surface area (Å²) in [6, 6.07) is 9.76. The lowest BCUT2D eigenvalue weighted by Crippen LogP contribution is -2.37. The van der Waals surface area contributed by atoms with E-state index in [1.165, 1.54) is 0 Å². The molecule has 0 unspecified atom stereocenters. The number of carbonyl (C=O) groups excluding carboxylic acids is 2. The van der Waals surface area contributed by atoms with Gasteiger partial charge >= 0.3 is 0 Å². The Bertz CT molecular complexity index is 813. The zero-order valence-electron chi connectivity index (χ0n) is 15.1. The summed E-state index contributed by atoms with van der Waals surface area (Å²) in [6.45, 7) is 0.462. The molecule has 1 aliphatic heterocycles. The first kappa shape index (κ1) is 17.7. The Labute approximate surface area is 157 Å². The van der Waals surface area contributed by atoms with Crippen molar-refractivity contribution in [1.82, 2.24) is 20.3 Å². The van der Waals surface area contributed by atoms with Crippen LogP contribution in [0.1, 0.15) is 48.6 Å². The van der Waals surface area contributed by atoms with Crippen LogP contribution in [0, 0.1) is 0 Å². The van der Waals surface area contributed by atoms with Crippen LogP contribution in [-0.2, 0) is 4.79 Å². The standard InChI is InChI=1S/C19H24N6O2/c20-13-6-8-16(9-7-13)25-12-17(22-23-25)19(27)21-14-10-18(26)24(11-14)15-4-2-1-3-5-15/h1-5,12-14,16H,6-11,20H2,(H,21,27)/t13?,14-,16?/m1/s1. The highest BCUT2D eigenvalue weighted by Crippen LogP contribution is 2.27. The number of hydrogen-bond donors (Lipinski definition) is 2. The van der Waals surface area contributed by atoms with Gasteiger partial charge in [0.25, 0.3) is 5.91 Å². The molecule has 0 radical (unpaired) electrons. The summed E-state index contributed by atoms with van der Waals surface area (Å²) < 4.78 is 1.77. The molecule has 0 spiro atoms.